The number of rotatable bonds is 0. The van der Waals surface area contributed by atoms with E-state index < -0.39 is 5.54 Å². The van der Waals surface area contributed by atoms with Gasteiger partial charge in [-0.25, -0.2) is 0 Å². The van der Waals surface area contributed by atoms with Crippen LogP contribution in [0, 0.1) is 0 Å². The zero-order chi connectivity index (χ0) is 17.2. The van der Waals surface area contributed by atoms with Crippen LogP contribution in [0.5, 0.6) is 11.5 Å². The SMILES string of the molecule is CC1(C)CC2(CC(C)(C)N1)Nc1cc3c(cc1NC2=O)OCCO3. The van der Waals surface area contributed by atoms with Gasteiger partial charge in [-0.15, -0.1) is 0 Å². The molecule has 4 rings (SSSR count). The van der Waals surface area contributed by atoms with Gasteiger partial charge in [0.2, 0.25) is 5.91 Å². The van der Waals surface area contributed by atoms with Crippen LogP contribution in [-0.2, 0) is 4.79 Å². The lowest BCUT2D eigenvalue weighted by Crippen LogP contribution is -2.69. The van der Waals surface area contributed by atoms with Crippen molar-refractivity contribution < 1.29 is 14.3 Å². The van der Waals surface area contributed by atoms with Crippen molar-refractivity contribution in [2.45, 2.75) is 57.2 Å². The number of benzene rings is 1. The third kappa shape index (κ3) is 2.49. The summed E-state index contributed by atoms with van der Waals surface area (Å²) >= 11 is 0. The second-order valence-electron chi connectivity index (χ2n) is 8.45. The summed E-state index contributed by atoms with van der Waals surface area (Å²) in [4.78, 5) is 13.0. The number of hydrogen-bond donors (Lipinski definition) is 3. The quantitative estimate of drug-likeness (QED) is 0.681. The third-order valence-electron chi connectivity index (χ3n) is 4.90. The van der Waals surface area contributed by atoms with Gasteiger partial charge in [0.15, 0.2) is 11.5 Å². The van der Waals surface area contributed by atoms with Crippen molar-refractivity contribution in [2.75, 3.05) is 23.8 Å². The molecular weight excluding hydrogens is 306 g/mol. The summed E-state index contributed by atoms with van der Waals surface area (Å²) in [6.45, 7) is 9.65. The minimum absolute atomic E-state index is 0.0225. The van der Waals surface area contributed by atoms with Crippen LogP contribution < -0.4 is 25.4 Å². The molecule has 3 aliphatic heterocycles. The van der Waals surface area contributed by atoms with Gasteiger partial charge in [0.1, 0.15) is 18.8 Å². The van der Waals surface area contributed by atoms with Crippen LogP contribution in [0.3, 0.4) is 0 Å². The molecule has 1 amide bonds. The molecule has 24 heavy (non-hydrogen) atoms. The first-order valence-corrected chi connectivity index (χ1v) is 8.51. The Bertz CT molecular complexity index is 696. The van der Waals surface area contributed by atoms with E-state index in [-0.39, 0.29) is 17.0 Å². The zero-order valence-electron chi connectivity index (χ0n) is 14.7. The summed E-state index contributed by atoms with van der Waals surface area (Å²) in [6.07, 6.45) is 1.42. The van der Waals surface area contributed by atoms with Crippen molar-refractivity contribution in [3.63, 3.8) is 0 Å². The van der Waals surface area contributed by atoms with Gasteiger partial charge in [-0.3, -0.25) is 4.79 Å². The molecule has 6 heteroatoms. The summed E-state index contributed by atoms with van der Waals surface area (Å²) in [5.74, 6) is 1.43. The Kier molecular flexibility index (Phi) is 3.10. The lowest BCUT2D eigenvalue weighted by Gasteiger charge is -2.53. The maximum atomic E-state index is 13.0. The van der Waals surface area contributed by atoms with Gasteiger partial charge in [-0.2, -0.15) is 0 Å². The molecule has 130 valence electrons. The van der Waals surface area contributed by atoms with E-state index in [2.05, 4.69) is 43.6 Å². The number of fused-ring (bicyclic) bond motifs is 2. The summed E-state index contributed by atoms with van der Waals surface area (Å²) in [5.41, 5.74) is 0.737. The number of nitrogens with one attached hydrogen (secondary N) is 3. The zero-order valence-corrected chi connectivity index (χ0v) is 14.7. The van der Waals surface area contributed by atoms with Crippen molar-refractivity contribution in [2.24, 2.45) is 0 Å². The van der Waals surface area contributed by atoms with Crippen molar-refractivity contribution >= 4 is 17.3 Å². The number of ether oxygens (including phenoxy) is 2. The van der Waals surface area contributed by atoms with E-state index in [4.69, 9.17) is 9.47 Å². The molecule has 0 aromatic heterocycles. The van der Waals surface area contributed by atoms with E-state index in [1.165, 1.54) is 0 Å². The average molecular weight is 331 g/mol. The van der Waals surface area contributed by atoms with Gasteiger partial charge in [-0.05, 0) is 40.5 Å². The van der Waals surface area contributed by atoms with Crippen LogP contribution >= 0.6 is 0 Å². The first kappa shape index (κ1) is 15.6. The molecule has 1 spiro atoms. The summed E-state index contributed by atoms with van der Waals surface area (Å²) in [5, 5.41) is 10.3. The van der Waals surface area contributed by atoms with Crippen LogP contribution in [-0.4, -0.2) is 35.7 Å². The van der Waals surface area contributed by atoms with Gasteiger partial charge < -0.3 is 25.4 Å². The Morgan fingerprint density at radius 2 is 1.46 bits per heavy atom. The summed E-state index contributed by atoms with van der Waals surface area (Å²) in [6, 6.07) is 3.78. The molecule has 3 N–H and O–H groups in total. The first-order chi connectivity index (χ1) is 11.2. The van der Waals surface area contributed by atoms with Gasteiger partial charge in [0, 0.05) is 23.2 Å². The molecule has 3 aliphatic rings. The first-order valence-electron chi connectivity index (χ1n) is 8.51. The third-order valence-corrected chi connectivity index (χ3v) is 4.90. The van der Waals surface area contributed by atoms with Gasteiger partial charge in [-0.1, -0.05) is 0 Å². The number of carbonyl (C=O) groups is 1. The van der Waals surface area contributed by atoms with Crippen LogP contribution in [0.15, 0.2) is 12.1 Å². The molecule has 3 heterocycles. The average Bonchev–Trinajstić information content (AvgIpc) is 2.43. The maximum Gasteiger partial charge on any atom is 0.250 e. The number of carbonyl (C=O) groups excluding carboxylic acids is 1. The highest BCUT2D eigenvalue weighted by atomic mass is 16.6. The van der Waals surface area contributed by atoms with Crippen LogP contribution in [0.1, 0.15) is 40.5 Å². The normalized spacial score (nSPS) is 25.4. The molecule has 0 bridgehead atoms. The Labute approximate surface area is 142 Å². The highest BCUT2D eigenvalue weighted by Gasteiger charge is 2.53. The molecule has 6 nitrogen and oxygen atoms in total. The van der Waals surface area contributed by atoms with Crippen LogP contribution in [0.25, 0.3) is 0 Å². The fraction of sp³-hybridized carbons (Fsp3) is 0.611. The molecular formula is C18H25N3O3. The molecule has 0 saturated carbocycles. The largest absolute Gasteiger partial charge is 0.486 e. The lowest BCUT2D eigenvalue weighted by molar-refractivity contribution is -0.123. The predicted molar refractivity (Wildman–Crippen MR) is 92.9 cm³/mol. The highest BCUT2D eigenvalue weighted by molar-refractivity contribution is 6.06. The van der Waals surface area contributed by atoms with E-state index in [9.17, 15) is 4.79 Å². The van der Waals surface area contributed by atoms with Gasteiger partial charge in [0.05, 0.1) is 11.4 Å². The fourth-order valence-electron chi connectivity index (χ4n) is 4.68. The monoisotopic (exact) mass is 331 g/mol. The second kappa shape index (κ2) is 4.79. The molecule has 1 fully saturated rings. The Morgan fingerprint density at radius 3 is 2.04 bits per heavy atom. The summed E-state index contributed by atoms with van der Waals surface area (Å²) in [7, 11) is 0. The predicted octanol–water partition coefficient (Wildman–Crippen LogP) is 2.50. The fourth-order valence-corrected chi connectivity index (χ4v) is 4.68. The van der Waals surface area contributed by atoms with Gasteiger partial charge >= 0.3 is 0 Å². The van der Waals surface area contributed by atoms with E-state index in [0.717, 1.165) is 17.1 Å². The smallest absolute Gasteiger partial charge is 0.250 e. The molecule has 0 unspecified atom stereocenters. The van der Waals surface area contributed by atoms with Crippen LogP contribution in [0.4, 0.5) is 11.4 Å². The molecule has 0 radical (unpaired) electrons. The summed E-state index contributed by atoms with van der Waals surface area (Å²) < 4.78 is 11.3. The molecule has 0 atom stereocenters. The standard InChI is InChI=1S/C18H25N3O3/c1-16(2)9-18(10-17(3,4)21-16)15(22)19-11-7-13-14(8-12(11)20-18)24-6-5-23-13/h7-8,20-21H,5-6,9-10H2,1-4H3,(H,19,22). The Balaban J connectivity index is 1.74. The van der Waals surface area contributed by atoms with Crippen molar-refractivity contribution in [1.82, 2.24) is 5.32 Å². The molecule has 1 aromatic rings. The molecule has 1 saturated heterocycles. The Morgan fingerprint density at radius 1 is 0.917 bits per heavy atom. The van der Waals surface area contributed by atoms with E-state index in [1.807, 2.05) is 12.1 Å². The molecule has 1 aromatic carbocycles. The van der Waals surface area contributed by atoms with Crippen molar-refractivity contribution in [3.8, 4) is 11.5 Å². The number of piperidine rings is 1. The second-order valence-corrected chi connectivity index (χ2v) is 8.45. The van der Waals surface area contributed by atoms with E-state index >= 15 is 0 Å². The topological polar surface area (TPSA) is 71.6 Å². The minimum atomic E-state index is -0.630. The number of amides is 1. The maximum absolute atomic E-state index is 13.0. The molecule has 0 aliphatic carbocycles. The van der Waals surface area contributed by atoms with E-state index in [1.54, 1.807) is 0 Å². The van der Waals surface area contributed by atoms with E-state index in [0.29, 0.717) is 31.8 Å². The van der Waals surface area contributed by atoms with Crippen molar-refractivity contribution in [3.05, 3.63) is 12.1 Å². The van der Waals surface area contributed by atoms with Crippen LogP contribution in [0.2, 0.25) is 0 Å². The number of hydrogen-bond acceptors (Lipinski definition) is 5. The lowest BCUT2D eigenvalue weighted by atomic mass is 9.69. The number of anilines is 2. The minimum Gasteiger partial charge on any atom is -0.486 e. The highest BCUT2D eigenvalue weighted by Crippen LogP contribution is 2.46. The van der Waals surface area contributed by atoms with Gasteiger partial charge in [0.25, 0.3) is 0 Å². The Hall–Kier alpha value is -1.95. The van der Waals surface area contributed by atoms with Crippen molar-refractivity contribution in [1.29, 1.82) is 0 Å².